The molecule has 7 nitrogen and oxygen atoms in total. The van der Waals surface area contributed by atoms with Gasteiger partial charge in [-0.2, -0.15) is 0 Å². The second-order valence-corrected chi connectivity index (χ2v) is 8.67. The zero-order chi connectivity index (χ0) is 22.5. The Labute approximate surface area is 194 Å². The van der Waals surface area contributed by atoms with Crippen LogP contribution in [0.2, 0.25) is 10.0 Å². The van der Waals surface area contributed by atoms with E-state index in [0.717, 1.165) is 16.8 Å². The fourth-order valence-corrected chi connectivity index (χ4v) is 3.91. The molecule has 0 aliphatic rings. The molecular formula is C21H21Cl2N5O2S. The molecule has 3 aromatic rings. The van der Waals surface area contributed by atoms with Crippen LogP contribution in [0.3, 0.4) is 0 Å². The van der Waals surface area contributed by atoms with Gasteiger partial charge in [-0.05, 0) is 37.6 Å². The van der Waals surface area contributed by atoms with Crippen molar-refractivity contribution in [2.75, 3.05) is 16.4 Å². The third-order valence-electron chi connectivity index (χ3n) is 4.46. The van der Waals surface area contributed by atoms with E-state index in [1.165, 1.54) is 11.8 Å². The summed E-state index contributed by atoms with van der Waals surface area (Å²) in [5.74, 6) is 0.190. The van der Waals surface area contributed by atoms with E-state index < -0.39 is 0 Å². The number of aromatic nitrogens is 3. The normalized spacial score (nSPS) is 10.7. The number of rotatable bonds is 7. The zero-order valence-electron chi connectivity index (χ0n) is 17.2. The summed E-state index contributed by atoms with van der Waals surface area (Å²) in [5.41, 5.74) is 3.36. The first-order valence-corrected chi connectivity index (χ1v) is 11.1. The van der Waals surface area contributed by atoms with E-state index in [-0.39, 0.29) is 29.0 Å². The van der Waals surface area contributed by atoms with Gasteiger partial charge in [-0.15, -0.1) is 10.2 Å². The van der Waals surface area contributed by atoms with E-state index in [9.17, 15) is 9.59 Å². The Morgan fingerprint density at radius 3 is 2.52 bits per heavy atom. The summed E-state index contributed by atoms with van der Waals surface area (Å²) in [7, 11) is 1.75. The minimum Gasteiger partial charge on any atom is -0.325 e. The summed E-state index contributed by atoms with van der Waals surface area (Å²) in [6.07, 6.45) is 0.00165. The summed E-state index contributed by atoms with van der Waals surface area (Å²) in [6, 6.07) is 10.9. The molecule has 1 heterocycles. The highest BCUT2D eigenvalue weighted by Crippen LogP contribution is 2.29. The molecule has 31 heavy (non-hydrogen) atoms. The van der Waals surface area contributed by atoms with Gasteiger partial charge in [0.1, 0.15) is 5.82 Å². The zero-order valence-corrected chi connectivity index (χ0v) is 19.5. The SMILES string of the molecule is Cc1ccc(NC(=O)CSc2nnc(CC(=O)Nc3cccc(Cl)c3Cl)n2C)c(C)c1. The highest BCUT2D eigenvalue weighted by molar-refractivity contribution is 7.99. The number of nitrogens with one attached hydrogen (secondary N) is 2. The second kappa shape index (κ2) is 10.2. The predicted octanol–water partition coefficient (Wildman–Crippen LogP) is 4.65. The lowest BCUT2D eigenvalue weighted by Crippen LogP contribution is -2.17. The van der Waals surface area contributed by atoms with Gasteiger partial charge in [0.25, 0.3) is 0 Å². The Morgan fingerprint density at radius 1 is 1.03 bits per heavy atom. The predicted molar refractivity (Wildman–Crippen MR) is 125 cm³/mol. The molecule has 2 aromatic carbocycles. The molecule has 0 unspecified atom stereocenters. The third kappa shape index (κ3) is 6.00. The van der Waals surface area contributed by atoms with Crippen molar-refractivity contribution in [1.29, 1.82) is 0 Å². The number of hydrogen-bond acceptors (Lipinski definition) is 5. The van der Waals surface area contributed by atoms with Crippen molar-refractivity contribution < 1.29 is 9.59 Å². The van der Waals surface area contributed by atoms with Gasteiger partial charge in [-0.25, -0.2) is 0 Å². The standard InChI is InChI=1S/C21H21Cl2N5O2S/c1-12-7-8-15(13(2)9-12)24-19(30)11-31-21-27-26-17(28(21)3)10-18(29)25-16-6-4-5-14(22)20(16)23/h4-9H,10-11H2,1-3H3,(H,24,30)(H,25,29). The lowest BCUT2D eigenvalue weighted by Gasteiger charge is -2.09. The molecule has 0 radical (unpaired) electrons. The highest BCUT2D eigenvalue weighted by atomic mass is 35.5. The van der Waals surface area contributed by atoms with Gasteiger partial charge in [0.2, 0.25) is 11.8 Å². The molecule has 3 rings (SSSR count). The maximum absolute atomic E-state index is 12.4. The molecule has 0 atom stereocenters. The van der Waals surface area contributed by atoms with Gasteiger partial charge in [0.05, 0.1) is 27.9 Å². The van der Waals surface area contributed by atoms with E-state index in [2.05, 4.69) is 20.8 Å². The maximum atomic E-state index is 12.4. The number of carbonyl (C=O) groups excluding carboxylic acids is 2. The number of anilines is 2. The number of carbonyl (C=O) groups is 2. The summed E-state index contributed by atoms with van der Waals surface area (Å²) >= 11 is 13.3. The molecule has 2 N–H and O–H groups in total. The molecule has 0 spiro atoms. The van der Waals surface area contributed by atoms with Crippen LogP contribution >= 0.6 is 35.0 Å². The average Bonchev–Trinajstić information content (AvgIpc) is 3.05. The Bertz CT molecular complexity index is 1130. The van der Waals surface area contributed by atoms with Crippen molar-refractivity contribution in [3.8, 4) is 0 Å². The summed E-state index contributed by atoms with van der Waals surface area (Å²) in [4.78, 5) is 24.7. The van der Waals surface area contributed by atoms with Crippen LogP contribution in [0, 0.1) is 13.8 Å². The number of amides is 2. The highest BCUT2D eigenvalue weighted by Gasteiger charge is 2.16. The van der Waals surface area contributed by atoms with E-state index >= 15 is 0 Å². The maximum Gasteiger partial charge on any atom is 0.234 e. The molecular weight excluding hydrogens is 457 g/mol. The summed E-state index contributed by atoms with van der Waals surface area (Å²) in [6.45, 7) is 3.95. The average molecular weight is 478 g/mol. The Hall–Kier alpha value is -2.55. The quantitative estimate of drug-likeness (QED) is 0.483. The molecule has 0 bridgehead atoms. The molecule has 0 fully saturated rings. The van der Waals surface area contributed by atoms with Crippen molar-refractivity contribution >= 4 is 58.2 Å². The van der Waals surface area contributed by atoms with Crippen LogP contribution in [0.4, 0.5) is 11.4 Å². The van der Waals surface area contributed by atoms with Gasteiger partial charge < -0.3 is 15.2 Å². The van der Waals surface area contributed by atoms with Crippen molar-refractivity contribution in [2.45, 2.75) is 25.4 Å². The Morgan fingerprint density at radius 2 is 1.77 bits per heavy atom. The van der Waals surface area contributed by atoms with Crippen LogP contribution in [0.5, 0.6) is 0 Å². The van der Waals surface area contributed by atoms with E-state index in [0.29, 0.717) is 21.7 Å². The monoisotopic (exact) mass is 477 g/mol. The van der Waals surface area contributed by atoms with Gasteiger partial charge in [-0.1, -0.05) is 58.7 Å². The van der Waals surface area contributed by atoms with Gasteiger partial charge in [-0.3, -0.25) is 9.59 Å². The molecule has 1 aromatic heterocycles. The van der Waals surface area contributed by atoms with Crippen molar-refractivity contribution in [3.63, 3.8) is 0 Å². The first-order chi connectivity index (χ1) is 14.7. The molecule has 0 saturated heterocycles. The third-order valence-corrected chi connectivity index (χ3v) is 6.30. The molecule has 2 amide bonds. The van der Waals surface area contributed by atoms with E-state index in [1.54, 1.807) is 29.8 Å². The number of hydrogen-bond donors (Lipinski definition) is 2. The Kier molecular flexibility index (Phi) is 7.59. The first-order valence-electron chi connectivity index (χ1n) is 9.36. The fourth-order valence-electron chi connectivity index (χ4n) is 2.83. The van der Waals surface area contributed by atoms with Crippen LogP contribution < -0.4 is 10.6 Å². The van der Waals surface area contributed by atoms with Crippen LogP contribution in [0.25, 0.3) is 0 Å². The summed E-state index contributed by atoms with van der Waals surface area (Å²) < 4.78 is 1.69. The molecule has 162 valence electrons. The number of aryl methyl sites for hydroxylation is 2. The number of benzene rings is 2. The fraction of sp³-hybridized carbons (Fsp3) is 0.238. The molecule has 0 aliphatic heterocycles. The van der Waals surface area contributed by atoms with Gasteiger partial charge in [0, 0.05) is 12.7 Å². The minimum atomic E-state index is -0.302. The van der Waals surface area contributed by atoms with Crippen molar-refractivity contribution in [1.82, 2.24) is 14.8 Å². The number of nitrogens with zero attached hydrogens (tertiary/aromatic N) is 3. The summed E-state index contributed by atoms with van der Waals surface area (Å²) in [5, 5.41) is 14.9. The van der Waals surface area contributed by atoms with E-state index in [1.807, 2.05) is 32.0 Å². The van der Waals surface area contributed by atoms with Crippen molar-refractivity contribution in [2.24, 2.45) is 7.05 Å². The van der Waals surface area contributed by atoms with Crippen molar-refractivity contribution in [3.05, 3.63) is 63.4 Å². The van der Waals surface area contributed by atoms with E-state index in [4.69, 9.17) is 23.2 Å². The molecule has 0 saturated carbocycles. The smallest absolute Gasteiger partial charge is 0.234 e. The van der Waals surface area contributed by atoms with Crippen LogP contribution in [0.1, 0.15) is 17.0 Å². The number of thioether (sulfide) groups is 1. The minimum absolute atomic E-state index is 0.00165. The van der Waals surface area contributed by atoms with Crippen LogP contribution in [0.15, 0.2) is 41.6 Å². The topological polar surface area (TPSA) is 88.9 Å². The largest absolute Gasteiger partial charge is 0.325 e. The number of halogens is 2. The van der Waals surface area contributed by atoms with Gasteiger partial charge >= 0.3 is 0 Å². The molecule has 0 aliphatic carbocycles. The van der Waals surface area contributed by atoms with Crippen LogP contribution in [-0.2, 0) is 23.1 Å². The first kappa shape index (κ1) is 23.1. The second-order valence-electron chi connectivity index (χ2n) is 6.94. The lowest BCUT2D eigenvalue weighted by molar-refractivity contribution is -0.116. The van der Waals surface area contributed by atoms with Gasteiger partial charge in [0.15, 0.2) is 5.16 Å². The molecule has 10 heteroatoms. The van der Waals surface area contributed by atoms with Crippen LogP contribution in [-0.4, -0.2) is 32.3 Å². The Balaban J connectivity index is 1.56. The lowest BCUT2D eigenvalue weighted by atomic mass is 10.1.